The molecule has 1 saturated heterocycles. The van der Waals surface area contributed by atoms with Gasteiger partial charge >= 0.3 is 5.97 Å². The summed E-state index contributed by atoms with van der Waals surface area (Å²) in [6.07, 6.45) is 2.17. The maximum atomic E-state index is 10.6. The van der Waals surface area contributed by atoms with E-state index in [1.54, 1.807) is 7.11 Å². The van der Waals surface area contributed by atoms with E-state index in [0.717, 1.165) is 38.2 Å². The minimum absolute atomic E-state index is 0.284. The van der Waals surface area contributed by atoms with E-state index < -0.39 is 5.97 Å². The monoisotopic (exact) mass is 277 g/mol. The number of aliphatic carboxylic acids is 1. The number of nitrogens with zero attached hydrogens (tertiary/aromatic N) is 1. The molecule has 0 aromatic heterocycles. The van der Waals surface area contributed by atoms with Crippen LogP contribution in [0.2, 0.25) is 0 Å². The van der Waals surface area contributed by atoms with Crippen molar-refractivity contribution in [2.24, 2.45) is 5.92 Å². The molecule has 0 radical (unpaired) electrons. The van der Waals surface area contributed by atoms with Crippen LogP contribution in [0.15, 0.2) is 18.2 Å². The molecule has 1 atom stereocenters. The molecule has 4 heteroatoms. The van der Waals surface area contributed by atoms with Crippen LogP contribution in [-0.2, 0) is 11.3 Å². The van der Waals surface area contributed by atoms with Gasteiger partial charge in [0.05, 0.1) is 7.11 Å². The first-order valence-electron chi connectivity index (χ1n) is 7.16. The number of rotatable bonds is 6. The lowest BCUT2D eigenvalue weighted by atomic mass is 10.0. The zero-order valence-corrected chi connectivity index (χ0v) is 12.3. The van der Waals surface area contributed by atoms with Crippen molar-refractivity contribution in [3.05, 3.63) is 29.3 Å². The van der Waals surface area contributed by atoms with Crippen LogP contribution < -0.4 is 4.74 Å². The molecule has 110 valence electrons. The standard InChI is InChI=1S/C16H23NO3/c1-12-3-5-15(20-2)14(9-12)11-17-8-7-13(10-17)4-6-16(18)19/h3,5,9,13H,4,6-8,10-11H2,1-2H3,(H,18,19). The summed E-state index contributed by atoms with van der Waals surface area (Å²) in [5.41, 5.74) is 2.45. The summed E-state index contributed by atoms with van der Waals surface area (Å²) >= 11 is 0. The number of ether oxygens (including phenoxy) is 1. The second kappa shape index (κ2) is 6.75. The number of hydrogen-bond acceptors (Lipinski definition) is 3. The summed E-state index contributed by atoms with van der Waals surface area (Å²) in [6, 6.07) is 6.24. The molecule has 2 rings (SSSR count). The van der Waals surface area contributed by atoms with Crippen molar-refractivity contribution < 1.29 is 14.6 Å². The number of carbonyl (C=O) groups is 1. The van der Waals surface area contributed by atoms with Crippen molar-refractivity contribution >= 4 is 5.97 Å². The smallest absolute Gasteiger partial charge is 0.303 e. The third-order valence-electron chi connectivity index (χ3n) is 3.97. The third-order valence-corrected chi connectivity index (χ3v) is 3.97. The molecule has 4 nitrogen and oxygen atoms in total. The molecule has 1 fully saturated rings. The van der Waals surface area contributed by atoms with Crippen molar-refractivity contribution in [3.8, 4) is 5.75 Å². The summed E-state index contributed by atoms with van der Waals surface area (Å²) in [7, 11) is 1.70. The van der Waals surface area contributed by atoms with E-state index >= 15 is 0 Å². The van der Waals surface area contributed by atoms with Gasteiger partial charge in [0.25, 0.3) is 0 Å². The lowest BCUT2D eigenvalue weighted by Gasteiger charge is -2.18. The molecule has 1 N–H and O–H groups in total. The largest absolute Gasteiger partial charge is 0.496 e. The summed E-state index contributed by atoms with van der Waals surface area (Å²) < 4.78 is 5.41. The van der Waals surface area contributed by atoms with Crippen LogP contribution >= 0.6 is 0 Å². The van der Waals surface area contributed by atoms with Crippen LogP contribution in [-0.4, -0.2) is 36.2 Å². The van der Waals surface area contributed by atoms with E-state index in [-0.39, 0.29) is 6.42 Å². The molecule has 0 bridgehead atoms. The first-order chi connectivity index (χ1) is 9.58. The number of likely N-dealkylation sites (tertiary alicyclic amines) is 1. The number of aryl methyl sites for hydroxylation is 1. The van der Waals surface area contributed by atoms with Gasteiger partial charge < -0.3 is 9.84 Å². The number of carboxylic acid groups (broad SMARTS) is 1. The molecule has 0 amide bonds. The Morgan fingerprint density at radius 1 is 1.50 bits per heavy atom. The van der Waals surface area contributed by atoms with Gasteiger partial charge in [-0.2, -0.15) is 0 Å². The zero-order chi connectivity index (χ0) is 14.5. The van der Waals surface area contributed by atoms with E-state index in [4.69, 9.17) is 9.84 Å². The number of hydrogen-bond donors (Lipinski definition) is 1. The molecule has 1 heterocycles. The Kier molecular flexibility index (Phi) is 5.01. The maximum Gasteiger partial charge on any atom is 0.303 e. The predicted octanol–water partition coefficient (Wildman–Crippen LogP) is 2.69. The summed E-state index contributed by atoms with van der Waals surface area (Å²) in [5, 5.41) is 8.74. The van der Waals surface area contributed by atoms with Gasteiger partial charge in [-0.25, -0.2) is 0 Å². The van der Waals surface area contributed by atoms with E-state index in [1.807, 2.05) is 6.07 Å². The van der Waals surface area contributed by atoms with Crippen LogP contribution in [0, 0.1) is 12.8 Å². The lowest BCUT2D eigenvalue weighted by molar-refractivity contribution is -0.137. The van der Waals surface area contributed by atoms with Crippen molar-refractivity contribution in [2.75, 3.05) is 20.2 Å². The zero-order valence-electron chi connectivity index (χ0n) is 12.3. The average molecular weight is 277 g/mol. The molecule has 1 unspecified atom stereocenters. The van der Waals surface area contributed by atoms with Gasteiger partial charge in [-0.1, -0.05) is 17.7 Å². The molecule has 1 aromatic carbocycles. The topological polar surface area (TPSA) is 49.8 Å². The highest BCUT2D eigenvalue weighted by Crippen LogP contribution is 2.26. The molecule has 20 heavy (non-hydrogen) atoms. The van der Waals surface area contributed by atoms with Crippen molar-refractivity contribution in [1.29, 1.82) is 0 Å². The molecule has 1 aliphatic heterocycles. The Balaban J connectivity index is 1.91. The highest BCUT2D eigenvalue weighted by molar-refractivity contribution is 5.66. The lowest BCUT2D eigenvalue weighted by Crippen LogP contribution is -2.20. The fourth-order valence-electron chi connectivity index (χ4n) is 2.89. The number of benzene rings is 1. The quantitative estimate of drug-likeness (QED) is 0.868. The Morgan fingerprint density at radius 2 is 2.30 bits per heavy atom. The van der Waals surface area contributed by atoms with E-state index in [1.165, 1.54) is 11.1 Å². The molecular weight excluding hydrogens is 254 g/mol. The molecular formula is C16H23NO3. The van der Waals surface area contributed by atoms with Gasteiger partial charge in [-0.15, -0.1) is 0 Å². The van der Waals surface area contributed by atoms with Gasteiger partial charge in [0.15, 0.2) is 0 Å². The molecule has 0 spiro atoms. The number of methoxy groups -OCH3 is 1. The van der Waals surface area contributed by atoms with Gasteiger partial charge in [0, 0.05) is 25.1 Å². The van der Waals surface area contributed by atoms with Crippen molar-refractivity contribution in [2.45, 2.75) is 32.7 Å². The number of carboxylic acids is 1. The van der Waals surface area contributed by atoms with Gasteiger partial charge in [0.2, 0.25) is 0 Å². The van der Waals surface area contributed by atoms with Crippen molar-refractivity contribution in [3.63, 3.8) is 0 Å². The fourth-order valence-corrected chi connectivity index (χ4v) is 2.89. The maximum absolute atomic E-state index is 10.6. The Labute approximate surface area is 120 Å². The fraction of sp³-hybridized carbons (Fsp3) is 0.562. The van der Waals surface area contributed by atoms with Crippen LogP contribution in [0.5, 0.6) is 5.75 Å². The molecule has 1 aromatic rings. The minimum atomic E-state index is -0.691. The van der Waals surface area contributed by atoms with Crippen LogP contribution in [0.1, 0.15) is 30.4 Å². The molecule has 0 aliphatic carbocycles. The molecule has 1 aliphatic rings. The minimum Gasteiger partial charge on any atom is -0.496 e. The second-order valence-corrected chi connectivity index (χ2v) is 5.64. The highest BCUT2D eigenvalue weighted by atomic mass is 16.5. The predicted molar refractivity (Wildman–Crippen MR) is 78.0 cm³/mol. The SMILES string of the molecule is COc1ccc(C)cc1CN1CCC(CCC(=O)O)C1. The molecule has 0 saturated carbocycles. The summed E-state index contributed by atoms with van der Waals surface area (Å²) in [5.74, 6) is 0.760. The van der Waals surface area contributed by atoms with Crippen LogP contribution in [0.3, 0.4) is 0 Å². The van der Waals surface area contributed by atoms with Gasteiger partial charge in [-0.05, 0) is 38.3 Å². The second-order valence-electron chi connectivity index (χ2n) is 5.64. The first-order valence-corrected chi connectivity index (χ1v) is 7.16. The van der Waals surface area contributed by atoms with Crippen LogP contribution in [0.4, 0.5) is 0 Å². The third kappa shape index (κ3) is 3.97. The highest BCUT2D eigenvalue weighted by Gasteiger charge is 2.23. The van der Waals surface area contributed by atoms with Gasteiger partial charge in [0.1, 0.15) is 5.75 Å². The van der Waals surface area contributed by atoms with Crippen molar-refractivity contribution in [1.82, 2.24) is 4.90 Å². The van der Waals surface area contributed by atoms with Gasteiger partial charge in [-0.3, -0.25) is 9.69 Å². The normalized spacial score (nSPS) is 19.2. The summed E-state index contributed by atoms with van der Waals surface area (Å²) in [4.78, 5) is 13.0. The van der Waals surface area contributed by atoms with E-state index in [0.29, 0.717) is 5.92 Å². The first kappa shape index (κ1) is 14.9. The van der Waals surface area contributed by atoms with E-state index in [9.17, 15) is 4.79 Å². The Hall–Kier alpha value is -1.55. The Morgan fingerprint density at radius 3 is 3.00 bits per heavy atom. The van der Waals surface area contributed by atoms with E-state index in [2.05, 4.69) is 24.0 Å². The Bertz CT molecular complexity index is 473. The average Bonchev–Trinajstić information content (AvgIpc) is 2.84. The summed E-state index contributed by atoms with van der Waals surface area (Å²) in [6.45, 7) is 5.00. The van der Waals surface area contributed by atoms with Crippen LogP contribution in [0.25, 0.3) is 0 Å².